The molecule has 3 rings (SSSR count). The van der Waals surface area contributed by atoms with Gasteiger partial charge in [0.15, 0.2) is 0 Å². The average molecular weight is 332 g/mol. The highest BCUT2D eigenvalue weighted by Gasteiger charge is 2.28. The van der Waals surface area contributed by atoms with Crippen LogP contribution in [0.4, 0.5) is 5.82 Å². The molecule has 2 fully saturated rings. The fourth-order valence-electron chi connectivity index (χ4n) is 3.72. The number of nitrogens with zero attached hydrogens (tertiary/aromatic N) is 4. The number of hydrogen-bond acceptors (Lipinski definition) is 5. The van der Waals surface area contributed by atoms with Crippen molar-refractivity contribution in [3.63, 3.8) is 0 Å². The van der Waals surface area contributed by atoms with E-state index in [0.717, 1.165) is 36.3 Å². The molecule has 0 bridgehead atoms. The molecule has 0 spiro atoms. The van der Waals surface area contributed by atoms with Crippen molar-refractivity contribution < 1.29 is 4.74 Å². The number of ether oxygens (including phenoxy) is 1. The Labute approximate surface area is 146 Å². The molecule has 1 aromatic rings. The van der Waals surface area contributed by atoms with E-state index in [1.807, 2.05) is 0 Å². The summed E-state index contributed by atoms with van der Waals surface area (Å²) in [5.41, 5.74) is 0.933. The monoisotopic (exact) mass is 332 g/mol. The third-order valence-corrected chi connectivity index (χ3v) is 5.05. The quantitative estimate of drug-likeness (QED) is 0.829. The summed E-state index contributed by atoms with van der Waals surface area (Å²) in [4.78, 5) is 14.6. The maximum absolute atomic E-state index is 5.31. The number of aromatic nitrogens is 2. The number of likely N-dealkylation sites (tertiary alicyclic amines) is 1. The third kappa shape index (κ3) is 4.25. The summed E-state index contributed by atoms with van der Waals surface area (Å²) in [5, 5.41) is 0. The molecular weight excluding hydrogens is 300 g/mol. The van der Waals surface area contributed by atoms with Crippen LogP contribution in [0.2, 0.25) is 0 Å². The molecule has 0 radical (unpaired) electrons. The molecule has 2 saturated heterocycles. The van der Waals surface area contributed by atoms with Crippen LogP contribution in [0.15, 0.2) is 6.07 Å². The van der Waals surface area contributed by atoms with Gasteiger partial charge in [-0.2, -0.15) is 0 Å². The molecular formula is C19H32N4O. The van der Waals surface area contributed by atoms with Crippen molar-refractivity contribution >= 4 is 5.82 Å². The number of hydrogen-bond donors (Lipinski definition) is 0. The maximum Gasteiger partial charge on any atom is 0.136 e. The van der Waals surface area contributed by atoms with Crippen molar-refractivity contribution in [3.8, 4) is 0 Å². The highest BCUT2D eigenvalue weighted by molar-refractivity contribution is 5.42. The summed E-state index contributed by atoms with van der Waals surface area (Å²) in [6, 6.07) is 2.11. The molecule has 2 aliphatic rings. The molecule has 3 heterocycles. The van der Waals surface area contributed by atoms with Gasteiger partial charge in [-0.15, -0.1) is 0 Å². The van der Waals surface area contributed by atoms with Crippen molar-refractivity contribution in [3.05, 3.63) is 17.6 Å². The molecule has 24 heavy (non-hydrogen) atoms. The molecule has 0 amide bonds. The van der Waals surface area contributed by atoms with Gasteiger partial charge in [0.2, 0.25) is 0 Å². The van der Waals surface area contributed by atoms with Crippen molar-refractivity contribution in [1.29, 1.82) is 0 Å². The Morgan fingerprint density at radius 1 is 1.17 bits per heavy atom. The molecule has 0 N–H and O–H groups in total. The van der Waals surface area contributed by atoms with Gasteiger partial charge >= 0.3 is 0 Å². The topological polar surface area (TPSA) is 41.5 Å². The molecule has 2 aliphatic heterocycles. The lowest BCUT2D eigenvalue weighted by Crippen LogP contribution is -2.29. The van der Waals surface area contributed by atoms with E-state index in [0.29, 0.717) is 6.61 Å². The van der Waals surface area contributed by atoms with Gasteiger partial charge in [-0.1, -0.05) is 20.8 Å². The van der Waals surface area contributed by atoms with Gasteiger partial charge in [-0.25, -0.2) is 9.97 Å². The summed E-state index contributed by atoms with van der Waals surface area (Å²) in [6.45, 7) is 13.1. The minimum atomic E-state index is -0.0484. The number of rotatable bonds is 5. The zero-order chi connectivity index (χ0) is 17.2. The first-order valence-corrected chi connectivity index (χ1v) is 9.30. The van der Waals surface area contributed by atoms with Crippen LogP contribution in [-0.2, 0) is 16.8 Å². The van der Waals surface area contributed by atoms with Crippen LogP contribution < -0.4 is 4.90 Å². The Hall–Kier alpha value is -1.20. The summed E-state index contributed by atoms with van der Waals surface area (Å²) in [6.07, 6.45) is 4.01. The summed E-state index contributed by atoms with van der Waals surface area (Å²) in [5.74, 6) is 2.75. The van der Waals surface area contributed by atoms with Crippen LogP contribution in [0.5, 0.6) is 0 Å². The molecule has 0 aliphatic carbocycles. The molecule has 134 valence electrons. The molecule has 0 aromatic carbocycles. The van der Waals surface area contributed by atoms with Crippen molar-refractivity contribution in [2.75, 3.05) is 44.7 Å². The summed E-state index contributed by atoms with van der Waals surface area (Å²) >= 11 is 0. The molecule has 1 unspecified atom stereocenters. The SMILES string of the molecule is COCc1cc(N2CCC(CN3CCCC3)C2)nc(C(C)(C)C)n1. The van der Waals surface area contributed by atoms with E-state index in [1.54, 1.807) is 7.11 Å². The van der Waals surface area contributed by atoms with Crippen LogP contribution in [0.25, 0.3) is 0 Å². The van der Waals surface area contributed by atoms with Gasteiger partial charge < -0.3 is 14.5 Å². The van der Waals surface area contributed by atoms with E-state index < -0.39 is 0 Å². The van der Waals surface area contributed by atoms with E-state index in [2.05, 4.69) is 36.6 Å². The van der Waals surface area contributed by atoms with E-state index in [-0.39, 0.29) is 5.41 Å². The van der Waals surface area contributed by atoms with Gasteiger partial charge in [0, 0.05) is 38.2 Å². The van der Waals surface area contributed by atoms with Crippen molar-refractivity contribution in [1.82, 2.24) is 14.9 Å². The first-order chi connectivity index (χ1) is 11.5. The molecule has 5 heteroatoms. The minimum absolute atomic E-state index is 0.0484. The normalized spacial score (nSPS) is 22.5. The van der Waals surface area contributed by atoms with E-state index in [4.69, 9.17) is 14.7 Å². The second-order valence-electron chi connectivity index (χ2n) is 8.33. The fourth-order valence-corrected chi connectivity index (χ4v) is 3.72. The average Bonchev–Trinajstić information content (AvgIpc) is 3.19. The standard InChI is InChI=1S/C19H32N4O/c1-19(2,3)18-20-16(14-24-4)11-17(21-18)23-10-7-15(13-23)12-22-8-5-6-9-22/h11,15H,5-10,12-14H2,1-4H3. The van der Waals surface area contributed by atoms with Gasteiger partial charge in [-0.05, 0) is 38.3 Å². The van der Waals surface area contributed by atoms with E-state index in [1.165, 1.54) is 38.9 Å². The van der Waals surface area contributed by atoms with Gasteiger partial charge in [0.1, 0.15) is 11.6 Å². The van der Waals surface area contributed by atoms with Gasteiger partial charge in [0.05, 0.1) is 12.3 Å². The Kier molecular flexibility index (Phi) is 5.40. The zero-order valence-corrected chi connectivity index (χ0v) is 15.7. The van der Waals surface area contributed by atoms with Gasteiger partial charge in [0.25, 0.3) is 0 Å². The molecule has 1 aromatic heterocycles. The number of anilines is 1. The van der Waals surface area contributed by atoms with Crippen molar-refractivity contribution in [2.24, 2.45) is 5.92 Å². The van der Waals surface area contributed by atoms with E-state index in [9.17, 15) is 0 Å². The highest BCUT2D eigenvalue weighted by atomic mass is 16.5. The summed E-state index contributed by atoms with van der Waals surface area (Å²) < 4.78 is 5.31. The van der Waals surface area contributed by atoms with Crippen LogP contribution in [0.3, 0.4) is 0 Å². The first kappa shape index (κ1) is 17.6. The largest absolute Gasteiger partial charge is 0.378 e. The predicted molar refractivity (Wildman–Crippen MR) is 97.4 cm³/mol. The van der Waals surface area contributed by atoms with Crippen LogP contribution >= 0.6 is 0 Å². The maximum atomic E-state index is 5.31. The van der Waals surface area contributed by atoms with Crippen LogP contribution in [0, 0.1) is 5.92 Å². The van der Waals surface area contributed by atoms with E-state index >= 15 is 0 Å². The minimum Gasteiger partial charge on any atom is -0.378 e. The third-order valence-electron chi connectivity index (χ3n) is 5.05. The fraction of sp³-hybridized carbons (Fsp3) is 0.789. The Morgan fingerprint density at radius 3 is 2.58 bits per heavy atom. The molecule has 0 saturated carbocycles. The zero-order valence-electron chi connectivity index (χ0n) is 15.7. The smallest absolute Gasteiger partial charge is 0.136 e. The van der Waals surface area contributed by atoms with Crippen LogP contribution in [0.1, 0.15) is 51.6 Å². The van der Waals surface area contributed by atoms with Crippen LogP contribution in [-0.4, -0.2) is 54.7 Å². The molecule has 5 nitrogen and oxygen atoms in total. The molecule has 1 atom stereocenters. The lowest BCUT2D eigenvalue weighted by atomic mass is 9.95. The lowest BCUT2D eigenvalue weighted by Gasteiger charge is -2.24. The second kappa shape index (κ2) is 7.36. The van der Waals surface area contributed by atoms with Gasteiger partial charge in [-0.3, -0.25) is 0 Å². The highest BCUT2D eigenvalue weighted by Crippen LogP contribution is 2.27. The Balaban J connectivity index is 1.72. The Bertz CT molecular complexity index is 549. The second-order valence-corrected chi connectivity index (χ2v) is 8.33. The predicted octanol–water partition coefficient (Wildman–Crippen LogP) is 2.84. The van der Waals surface area contributed by atoms with Crippen molar-refractivity contribution in [2.45, 2.75) is 52.1 Å². The summed E-state index contributed by atoms with van der Waals surface area (Å²) in [7, 11) is 1.72. The first-order valence-electron chi connectivity index (χ1n) is 9.30. The lowest BCUT2D eigenvalue weighted by molar-refractivity contribution is 0.181. The number of methoxy groups -OCH3 is 1. The Morgan fingerprint density at radius 2 is 1.92 bits per heavy atom.